The van der Waals surface area contributed by atoms with Gasteiger partial charge in [-0.25, -0.2) is 9.37 Å². The molecule has 0 aliphatic carbocycles. The summed E-state index contributed by atoms with van der Waals surface area (Å²) >= 11 is 0. The van der Waals surface area contributed by atoms with Gasteiger partial charge in [-0.3, -0.25) is 0 Å². The molecular formula is C25H25FN2O4. The van der Waals surface area contributed by atoms with Crippen LogP contribution in [0.4, 0.5) is 4.39 Å². The Bertz CT molecular complexity index is 1210. The summed E-state index contributed by atoms with van der Waals surface area (Å²) in [5, 5.41) is 10.6. The van der Waals surface area contributed by atoms with Crippen LogP contribution in [0, 0.1) is 5.82 Å². The second kappa shape index (κ2) is 9.70. The van der Waals surface area contributed by atoms with E-state index in [0.717, 1.165) is 22.4 Å². The topological polar surface area (TPSA) is 65.7 Å². The molecule has 0 saturated heterocycles. The lowest BCUT2D eigenvalue weighted by Gasteiger charge is -2.16. The SMILES string of the molecule is COc1ccc(Cc2nc3ccccc3n2CC(O)COc2ccccc2F)cc1OC. The van der Waals surface area contributed by atoms with E-state index in [2.05, 4.69) is 0 Å². The highest BCUT2D eigenvalue weighted by molar-refractivity contribution is 5.76. The molecule has 0 saturated carbocycles. The number of rotatable bonds is 9. The van der Waals surface area contributed by atoms with Crippen molar-refractivity contribution < 1.29 is 23.7 Å². The first kappa shape index (κ1) is 21.6. The highest BCUT2D eigenvalue weighted by Gasteiger charge is 2.16. The maximum absolute atomic E-state index is 13.8. The molecular weight excluding hydrogens is 411 g/mol. The van der Waals surface area contributed by atoms with Crippen molar-refractivity contribution in [1.29, 1.82) is 0 Å². The van der Waals surface area contributed by atoms with Gasteiger partial charge in [-0.1, -0.05) is 30.3 Å². The quantitative estimate of drug-likeness (QED) is 0.426. The van der Waals surface area contributed by atoms with Crippen LogP contribution in [0.5, 0.6) is 17.2 Å². The molecule has 32 heavy (non-hydrogen) atoms. The Morgan fingerprint density at radius 2 is 1.69 bits per heavy atom. The molecule has 1 N–H and O–H groups in total. The molecule has 1 unspecified atom stereocenters. The average molecular weight is 436 g/mol. The monoisotopic (exact) mass is 436 g/mol. The van der Waals surface area contributed by atoms with Gasteiger partial charge in [0.25, 0.3) is 0 Å². The van der Waals surface area contributed by atoms with E-state index in [9.17, 15) is 9.50 Å². The maximum atomic E-state index is 13.8. The van der Waals surface area contributed by atoms with Crippen LogP contribution in [0.25, 0.3) is 11.0 Å². The molecule has 0 bridgehead atoms. The number of methoxy groups -OCH3 is 2. The molecule has 0 radical (unpaired) electrons. The lowest BCUT2D eigenvalue weighted by Crippen LogP contribution is -2.25. The van der Waals surface area contributed by atoms with Gasteiger partial charge in [0.05, 0.1) is 31.8 Å². The zero-order valence-electron chi connectivity index (χ0n) is 18.0. The number of halogens is 1. The third kappa shape index (κ3) is 4.68. The van der Waals surface area contributed by atoms with Crippen molar-refractivity contribution in [2.75, 3.05) is 20.8 Å². The van der Waals surface area contributed by atoms with E-state index in [4.69, 9.17) is 19.2 Å². The van der Waals surface area contributed by atoms with Gasteiger partial charge in [0.2, 0.25) is 0 Å². The Hall–Kier alpha value is -3.58. The third-order valence-corrected chi connectivity index (χ3v) is 5.20. The summed E-state index contributed by atoms with van der Waals surface area (Å²) in [6.07, 6.45) is -0.313. The average Bonchev–Trinajstić information content (AvgIpc) is 3.15. The lowest BCUT2D eigenvalue weighted by molar-refractivity contribution is 0.0908. The molecule has 0 amide bonds. The maximum Gasteiger partial charge on any atom is 0.165 e. The van der Waals surface area contributed by atoms with Gasteiger partial charge in [-0.15, -0.1) is 0 Å². The van der Waals surface area contributed by atoms with Gasteiger partial charge in [-0.05, 0) is 42.0 Å². The van der Waals surface area contributed by atoms with Gasteiger partial charge >= 0.3 is 0 Å². The number of aliphatic hydroxyl groups is 1. The third-order valence-electron chi connectivity index (χ3n) is 5.20. The molecule has 7 heteroatoms. The molecule has 0 spiro atoms. The molecule has 4 aromatic rings. The number of benzene rings is 3. The van der Waals surface area contributed by atoms with Crippen LogP contribution in [0.2, 0.25) is 0 Å². The van der Waals surface area contributed by atoms with Crippen LogP contribution in [0.1, 0.15) is 11.4 Å². The minimum absolute atomic E-state index is 0.0385. The lowest BCUT2D eigenvalue weighted by atomic mass is 10.1. The van der Waals surface area contributed by atoms with Crippen molar-refractivity contribution in [3.05, 3.63) is 83.9 Å². The molecule has 1 heterocycles. The smallest absolute Gasteiger partial charge is 0.165 e. The fraction of sp³-hybridized carbons (Fsp3) is 0.240. The predicted octanol–water partition coefficient (Wildman–Crippen LogP) is 4.22. The van der Waals surface area contributed by atoms with E-state index in [1.54, 1.807) is 26.4 Å². The molecule has 0 fully saturated rings. The van der Waals surface area contributed by atoms with Gasteiger partial charge in [0.1, 0.15) is 18.5 Å². The van der Waals surface area contributed by atoms with Crippen LogP contribution in [-0.4, -0.2) is 41.6 Å². The Morgan fingerprint density at radius 3 is 2.47 bits per heavy atom. The fourth-order valence-corrected chi connectivity index (χ4v) is 3.65. The summed E-state index contributed by atoms with van der Waals surface area (Å²) in [5.41, 5.74) is 2.74. The Kier molecular flexibility index (Phi) is 6.56. The van der Waals surface area contributed by atoms with Crippen LogP contribution in [0.3, 0.4) is 0 Å². The molecule has 1 atom stereocenters. The van der Waals surface area contributed by atoms with Gasteiger partial charge in [0.15, 0.2) is 23.1 Å². The van der Waals surface area contributed by atoms with E-state index in [1.165, 1.54) is 12.1 Å². The van der Waals surface area contributed by atoms with Gasteiger partial charge in [-0.2, -0.15) is 0 Å². The Morgan fingerprint density at radius 1 is 0.938 bits per heavy atom. The zero-order valence-corrected chi connectivity index (χ0v) is 18.0. The van der Waals surface area contributed by atoms with Crippen LogP contribution in [0.15, 0.2) is 66.7 Å². The number of aliphatic hydroxyl groups excluding tert-OH is 1. The van der Waals surface area contributed by atoms with Crippen molar-refractivity contribution in [2.45, 2.75) is 19.1 Å². The highest BCUT2D eigenvalue weighted by Crippen LogP contribution is 2.29. The number of para-hydroxylation sites is 3. The number of aromatic nitrogens is 2. The van der Waals surface area contributed by atoms with E-state index in [-0.39, 0.29) is 18.9 Å². The Labute approximate surface area is 185 Å². The number of nitrogens with zero attached hydrogens (tertiary/aromatic N) is 2. The summed E-state index contributed by atoms with van der Waals surface area (Å²) in [5.74, 6) is 1.76. The van der Waals surface area contributed by atoms with Crippen molar-refractivity contribution in [3.8, 4) is 17.2 Å². The number of hydrogen-bond donors (Lipinski definition) is 1. The number of imidazole rings is 1. The van der Waals surface area contributed by atoms with Crippen molar-refractivity contribution in [2.24, 2.45) is 0 Å². The number of fused-ring (bicyclic) bond motifs is 1. The summed E-state index contributed by atoms with van der Waals surface area (Å²) in [7, 11) is 3.20. The van der Waals surface area contributed by atoms with Crippen molar-refractivity contribution in [1.82, 2.24) is 9.55 Å². The summed E-state index contributed by atoms with van der Waals surface area (Å²) < 4.78 is 32.0. The highest BCUT2D eigenvalue weighted by atomic mass is 19.1. The molecule has 0 aliphatic heterocycles. The number of hydrogen-bond acceptors (Lipinski definition) is 5. The minimum Gasteiger partial charge on any atom is -0.493 e. The second-order valence-electron chi connectivity index (χ2n) is 7.39. The van der Waals surface area contributed by atoms with Crippen molar-refractivity contribution >= 4 is 11.0 Å². The first-order valence-electron chi connectivity index (χ1n) is 10.3. The van der Waals surface area contributed by atoms with E-state index < -0.39 is 11.9 Å². The summed E-state index contributed by atoms with van der Waals surface area (Å²) in [4.78, 5) is 4.77. The second-order valence-corrected chi connectivity index (χ2v) is 7.39. The van der Waals surface area contributed by atoms with E-state index >= 15 is 0 Å². The summed E-state index contributed by atoms with van der Waals surface area (Å²) in [6, 6.07) is 19.6. The Balaban J connectivity index is 1.57. The predicted molar refractivity (Wildman–Crippen MR) is 120 cm³/mol. The summed E-state index contributed by atoms with van der Waals surface area (Å²) in [6.45, 7) is 0.223. The molecule has 0 aliphatic rings. The van der Waals surface area contributed by atoms with Crippen LogP contribution < -0.4 is 14.2 Å². The molecule has 3 aromatic carbocycles. The number of ether oxygens (including phenoxy) is 3. The first-order chi connectivity index (χ1) is 15.6. The molecule has 6 nitrogen and oxygen atoms in total. The van der Waals surface area contributed by atoms with Crippen LogP contribution in [-0.2, 0) is 13.0 Å². The molecule has 4 rings (SSSR count). The standard InChI is InChI=1S/C25H25FN2O4/c1-30-23-12-11-17(13-24(23)31-2)14-25-27-20-8-4-5-9-21(20)28(25)15-18(29)16-32-22-10-6-3-7-19(22)26/h3-13,18,29H,14-16H2,1-2H3. The van der Waals surface area contributed by atoms with Crippen LogP contribution >= 0.6 is 0 Å². The molecule has 1 aromatic heterocycles. The van der Waals surface area contributed by atoms with Gasteiger partial charge < -0.3 is 23.9 Å². The first-order valence-corrected chi connectivity index (χ1v) is 10.3. The fourth-order valence-electron chi connectivity index (χ4n) is 3.65. The zero-order chi connectivity index (χ0) is 22.5. The minimum atomic E-state index is -0.851. The normalized spacial score (nSPS) is 12.0. The largest absolute Gasteiger partial charge is 0.493 e. The van der Waals surface area contributed by atoms with E-state index in [0.29, 0.717) is 17.9 Å². The van der Waals surface area contributed by atoms with E-state index in [1.807, 2.05) is 47.0 Å². The molecule has 166 valence electrons. The van der Waals surface area contributed by atoms with Gasteiger partial charge in [0, 0.05) is 6.42 Å². The van der Waals surface area contributed by atoms with Crippen molar-refractivity contribution in [3.63, 3.8) is 0 Å².